The lowest BCUT2D eigenvalue weighted by Crippen LogP contribution is -1.97. The van der Waals surface area contributed by atoms with Crippen LogP contribution in [0.4, 0.5) is 11.7 Å². The Kier molecular flexibility index (Phi) is 3.35. The monoisotopic (exact) mass is 316 g/mol. The molecule has 2 rings (SSSR count). The maximum absolute atomic E-state index is 10.6. The van der Waals surface area contributed by atoms with E-state index in [2.05, 4.69) is 26.2 Å². The minimum Gasteiger partial charge on any atom is -0.476 e. The lowest BCUT2D eigenvalue weighted by Gasteiger charge is -2.02. The first-order valence-corrected chi connectivity index (χ1v) is 5.64. The normalized spacial score (nSPS) is 10.2. The van der Waals surface area contributed by atoms with Crippen LogP contribution in [-0.2, 0) is 0 Å². The minimum atomic E-state index is -1.14. The number of nitrogens with one attached hydrogen (secondary N) is 1. The van der Waals surface area contributed by atoms with Crippen LogP contribution >= 0.6 is 27.5 Å². The summed E-state index contributed by atoms with van der Waals surface area (Å²) in [5.41, 5.74) is 0.528. The van der Waals surface area contributed by atoms with E-state index in [1.807, 2.05) is 0 Å². The highest BCUT2D eigenvalue weighted by molar-refractivity contribution is 9.10. The minimum absolute atomic E-state index is 0.108. The van der Waals surface area contributed by atoms with Gasteiger partial charge >= 0.3 is 5.97 Å². The highest BCUT2D eigenvalue weighted by Gasteiger charge is 2.10. The van der Waals surface area contributed by atoms with Gasteiger partial charge in [0.05, 0.1) is 5.02 Å². The number of aromatic carboxylic acids is 1. The van der Waals surface area contributed by atoms with Gasteiger partial charge in [0.2, 0.25) is 0 Å². The molecule has 1 aromatic carbocycles. The second kappa shape index (κ2) is 4.77. The molecule has 5 nitrogen and oxygen atoms in total. The van der Waals surface area contributed by atoms with Gasteiger partial charge in [0, 0.05) is 10.2 Å². The number of benzene rings is 1. The van der Waals surface area contributed by atoms with Crippen LogP contribution in [0.15, 0.2) is 33.4 Å². The molecule has 0 amide bonds. The van der Waals surface area contributed by atoms with E-state index < -0.39 is 5.97 Å². The zero-order valence-corrected chi connectivity index (χ0v) is 10.6. The van der Waals surface area contributed by atoms with E-state index in [0.29, 0.717) is 15.2 Å². The van der Waals surface area contributed by atoms with Gasteiger partial charge in [-0.15, -0.1) is 0 Å². The number of halogens is 2. The lowest BCUT2D eigenvalue weighted by molar-refractivity contribution is 0.0690. The van der Waals surface area contributed by atoms with Crippen molar-refractivity contribution in [1.82, 2.24) is 4.98 Å². The number of carboxylic acids is 1. The third kappa shape index (κ3) is 2.78. The molecular weight excluding hydrogens is 311 g/mol. The van der Waals surface area contributed by atoms with E-state index in [4.69, 9.17) is 21.1 Å². The molecule has 0 atom stereocenters. The van der Waals surface area contributed by atoms with Gasteiger partial charge in [-0.25, -0.2) is 4.79 Å². The maximum atomic E-state index is 10.6. The lowest BCUT2D eigenvalue weighted by atomic mass is 10.3. The summed E-state index contributed by atoms with van der Waals surface area (Å²) < 4.78 is 5.67. The standard InChI is InChI=1S/C10H6BrClN2O3/c11-6-3-5(1-2-7(6)12)13-10-14-8(4-17-10)9(15)16/h1-4H,(H,13,14)(H,15,16). The van der Waals surface area contributed by atoms with Crippen molar-refractivity contribution in [1.29, 1.82) is 0 Å². The number of aromatic nitrogens is 1. The Bertz CT molecular complexity index is 570. The van der Waals surface area contributed by atoms with E-state index in [1.165, 1.54) is 0 Å². The van der Waals surface area contributed by atoms with Crippen LogP contribution in [0.25, 0.3) is 0 Å². The molecule has 0 saturated carbocycles. The van der Waals surface area contributed by atoms with Gasteiger partial charge in [-0.2, -0.15) is 4.98 Å². The molecule has 0 aliphatic rings. The SMILES string of the molecule is O=C(O)c1coc(Nc2ccc(Cl)c(Br)c2)n1. The van der Waals surface area contributed by atoms with Crippen LogP contribution in [0.1, 0.15) is 10.5 Å². The summed E-state index contributed by atoms with van der Waals surface area (Å²) >= 11 is 9.11. The zero-order valence-electron chi connectivity index (χ0n) is 8.28. The van der Waals surface area contributed by atoms with Crippen molar-refractivity contribution >= 4 is 45.2 Å². The summed E-state index contributed by atoms with van der Waals surface area (Å²) in [6.45, 7) is 0. The van der Waals surface area contributed by atoms with Crippen LogP contribution in [0.2, 0.25) is 5.02 Å². The van der Waals surface area contributed by atoms with Crippen molar-refractivity contribution in [2.24, 2.45) is 0 Å². The van der Waals surface area contributed by atoms with Gasteiger partial charge in [-0.05, 0) is 34.1 Å². The van der Waals surface area contributed by atoms with Gasteiger partial charge in [0.25, 0.3) is 6.01 Å². The van der Waals surface area contributed by atoms with E-state index in [1.54, 1.807) is 18.2 Å². The van der Waals surface area contributed by atoms with Gasteiger partial charge < -0.3 is 14.8 Å². The van der Waals surface area contributed by atoms with Crippen LogP contribution in [0.5, 0.6) is 0 Å². The molecule has 0 saturated heterocycles. The summed E-state index contributed by atoms with van der Waals surface area (Å²) in [6, 6.07) is 5.25. The summed E-state index contributed by atoms with van der Waals surface area (Å²) in [7, 11) is 0. The van der Waals surface area contributed by atoms with Gasteiger partial charge in [-0.3, -0.25) is 0 Å². The molecule has 7 heteroatoms. The first-order chi connectivity index (χ1) is 8.06. The molecule has 1 heterocycles. The van der Waals surface area contributed by atoms with Crippen molar-refractivity contribution in [2.75, 3.05) is 5.32 Å². The molecule has 2 aromatic rings. The highest BCUT2D eigenvalue weighted by atomic mass is 79.9. The third-order valence-corrected chi connectivity index (χ3v) is 3.11. The molecule has 0 fully saturated rings. The second-order valence-electron chi connectivity index (χ2n) is 3.10. The highest BCUT2D eigenvalue weighted by Crippen LogP contribution is 2.27. The van der Waals surface area contributed by atoms with Crippen molar-refractivity contribution in [3.8, 4) is 0 Å². The number of oxazole rings is 1. The summed E-state index contributed by atoms with van der Waals surface area (Å²) in [4.78, 5) is 14.3. The molecule has 1 aromatic heterocycles. The van der Waals surface area contributed by atoms with E-state index in [0.717, 1.165) is 6.26 Å². The zero-order chi connectivity index (χ0) is 12.4. The second-order valence-corrected chi connectivity index (χ2v) is 4.36. The Hall–Kier alpha value is -1.53. The number of hydrogen-bond donors (Lipinski definition) is 2. The summed E-state index contributed by atoms with van der Waals surface area (Å²) in [5.74, 6) is -1.14. The number of rotatable bonds is 3. The molecule has 0 radical (unpaired) electrons. The number of anilines is 2. The average molecular weight is 318 g/mol. The molecule has 0 unspecified atom stereocenters. The number of hydrogen-bond acceptors (Lipinski definition) is 4. The van der Waals surface area contributed by atoms with Crippen LogP contribution in [0.3, 0.4) is 0 Å². The van der Waals surface area contributed by atoms with Crippen LogP contribution < -0.4 is 5.32 Å². The molecule has 0 aliphatic heterocycles. The fourth-order valence-electron chi connectivity index (χ4n) is 1.13. The molecule has 17 heavy (non-hydrogen) atoms. The molecular formula is C10H6BrClN2O3. The van der Waals surface area contributed by atoms with E-state index >= 15 is 0 Å². The Labute approximate surface area is 110 Å². The number of nitrogens with zero attached hydrogens (tertiary/aromatic N) is 1. The first kappa shape index (κ1) is 11.9. The van der Waals surface area contributed by atoms with Crippen molar-refractivity contribution < 1.29 is 14.3 Å². The first-order valence-electron chi connectivity index (χ1n) is 4.47. The van der Waals surface area contributed by atoms with Gasteiger partial charge in [-0.1, -0.05) is 11.6 Å². The predicted octanol–water partition coefficient (Wildman–Crippen LogP) is 3.53. The molecule has 2 N–H and O–H groups in total. The van der Waals surface area contributed by atoms with Crippen molar-refractivity contribution in [3.05, 3.63) is 39.7 Å². The Morgan fingerprint density at radius 3 is 2.88 bits per heavy atom. The Balaban J connectivity index is 2.19. The largest absolute Gasteiger partial charge is 0.476 e. The number of carboxylic acid groups (broad SMARTS) is 1. The number of carbonyl (C=O) groups is 1. The molecule has 88 valence electrons. The van der Waals surface area contributed by atoms with E-state index in [-0.39, 0.29) is 11.7 Å². The average Bonchev–Trinajstić information content (AvgIpc) is 2.72. The van der Waals surface area contributed by atoms with Crippen molar-refractivity contribution in [2.45, 2.75) is 0 Å². The summed E-state index contributed by atoms with van der Waals surface area (Å²) in [5, 5.41) is 12.1. The van der Waals surface area contributed by atoms with Gasteiger partial charge in [0.15, 0.2) is 5.69 Å². The molecule has 0 spiro atoms. The quantitative estimate of drug-likeness (QED) is 0.905. The maximum Gasteiger partial charge on any atom is 0.357 e. The molecule has 0 bridgehead atoms. The fourth-order valence-corrected chi connectivity index (χ4v) is 1.62. The van der Waals surface area contributed by atoms with E-state index in [9.17, 15) is 4.79 Å². The fraction of sp³-hybridized carbons (Fsp3) is 0. The van der Waals surface area contributed by atoms with Crippen LogP contribution in [-0.4, -0.2) is 16.1 Å². The molecule has 0 aliphatic carbocycles. The summed E-state index contributed by atoms with van der Waals surface area (Å²) in [6.07, 6.45) is 1.07. The van der Waals surface area contributed by atoms with Crippen molar-refractivity contribution in [3.63, 3.8) is 0 Å². The smallest absolute Gasteiger partial charge is 0.357 e. The van der Waals surface area contributed by atoms with Crippen LogP contribution in [0, 0.1) is 0 Å². The third-order valence-electron chi connectivity index (χ3n) is 1.89. The predicted molar refractivity (Wildman–Crippen MR) is 65.9 cm³/mol. The van der Waals surface area contributed by atoms with Gasteiger partial charge in [0.1, 0.15) is 6.26 Å². The Morgan fingerprint density at radius 2 is 2.29 bits per heavy atom. The Morgan fingerprint density at radius 1 is 1.53 bits per heavy atom. The topological polar surface area (TPSA) is 75.4 Å².